The Hall–Kier alpha value is -2.41. The van der Waals surface area contributed by atoms with Crippen LogP contribution in [0.4, 0.5) is 14.6 Å². The monoisotopic (exact) mass is 379 g/mol. The molecule has 3 rings (SSSR count). The number of hydrogen-bond donors (Lipinski definition) is 2. The summed E-state index contributed by atoms with van der Waals surface area (Å²) < 4.78 is 26.5. The Kier molecular flexibility index (Phi) is 5.88. The fourth-order valence-electron chi connectivity index (χ4n) is 2.97. The molecule has 1 fully saturated rings. The second kappa shape index (κ2) is 8.31. The molecule has 0 radical (unpaired) electrons. The average molecular weight is 380 g/mol. The highest BCUT2D eigenvalue weighted by molar-refractivity contribution is 6.32. The van der Waals surface area contributed by atoms with Crippen LogP contribution in [0.15, 0.2) is 41.5 Å². The standard InChI is InChI=1S/C18H20ClF2N5/c1-22-18(24-10-12-7-13(20)9-14(21)8-12)25-15-4-6-26(11-15)17-16(19)3-2-5-23-17/h2-3,5,7-9,15H,4,6,10-11H2,1H3,(H2,22,24,25). The summed E-state index contributed by atoms with van der Waals surface area (Å²) in [6.45, 7) is 1.85. The van der Waals surface area contributed by atoms with Crippen LogP contribution in [0.5, 0.6) is 0 Å². The van der Waals surface area contributed by atoms with Crippen LogP contribution in [0, 0.1) is 11.6 Å². The van der Waals surface area contributed by atoms with E-state index in [0.717, 1.165) is 31.4 Å². The lowest BCUT2D eigenvalue weighted by Gasteiger charge is -2.20. The second-order valence-electron chi connectivity index (χ2n) is 6.09. The Morgan fingerprint density at radius 1 is 1.35 bits per heavy atom. The summed E-state index contributed by atoms with van der Waals surface area (Å²) in [4.78, 5) is 10.6. The molecule has 1 unspecified atom stereocenters. The highest BCUT2D eigenvalue weighted by Crippen LogP contribution is 2.25. The van der Waals surface area contributed by atoms with E-state index in [0.29, 0.717) is 16.5 Å². The number of benzene rings is 1. The molecule has 1 aromatic carbocycles. The van der Waals surface area contributed by atoms with E-state index in [4.69, 9.17) is 11.6 Å². The Bertz CT molecular complexity index is 779. The Morgan fingerprint density at radius 3 is 2.81 bits per heavy atom. The first kappa shape index (κ1) is 18.4. The number of hydrogen-bond acceptors (Lipinski definition) is 3. The molecule has 0 amide bonds. The van der Waals surface area contributed by atoms with Crippen LogP contribution in [-0.2, 0) is 6.54 Å². The van der Waals surface area contributed by atoms with Crippen LogP contribution in [0.1, 0.15) is 12.0 Å². The second-order valence-corrected chi connectivity index (χ2v) is 6.50. The van der Waals surface area contributed by atoms with Crippen molar-refractivity contribution in [3.63, 3.8) is 0 Å². The maximum atomic E-state index is 13.3. The Morgan fingerprint density at radius 2 is 2.12 bits per heavy atom. The van der Waals surface area contributed by atoms with Gasteiger partial charge in [0, 0.05) is 45.0 Å². The Labute approximate surface area is 156 Å². The summed E-state index contributed by atoms with van der Waals surface area (Å²) in [7, 11) is 1.66. The number of aromatic nitrogens is 1. The van der Waals surface area contributed by atoms with E-state index in [1.54, 1.807) is 19.3 Å². The van der Waals surface area contributed by atoms with Gasteiger partial charge in [-0.05, 0) is 36.2 Å². The highest BCUT2D eigenvalue weighted by atomic mass is 35.5. The van der Waals surface area contributed by atoms with Crippen LogP contribution in [0.25, 0.3) is 0 Å². The van der Waals surface area contributed by atoms with E-state index in [-0.39, 0.29) is 12.6 Å². The largest absolute Gasteiger partial charge is 0.353 e. The summed E-state index contributed by atoms with van der Waals surface area (Å²) >= 11 is 6.21. The minimum atomic E-state index is -0.594. The number of rotatable bonds is 4. The van der Waals surface area contributed by atoms with Gasteiger partial charge in [-0.1, -0.05) is 11.6 Å². The number of nitrogens with one attached hydrogen (secondary N) is 2. The lowest BCUT2D eigenvalue weighted by atomic mass is 10.2. The highest BCUT2D eigenvalue weighted by Gasteiger charge is 2.25. The zero-order valence-corrected chi connectivity index (χ0v) is 15.1. The molecular formula is C18H20ClF2N5. The maximum Gasteiger partial charge on any atom is 0.191 e. The zero-order valence-electron chi connectivity index (χ0n) is 14.3. The van der Waals surface area contributed by atoms with Gasteiger partial charge >= 0.3 is 0 Å². The fourth-order valence-corrected chi connectivity index (χ4v) is 3.21. The number of aliphatic imine (C=N–C) groups is 1. The van der Waals surface area contributed by atoms with Crippen LogP contribution < -0.4 is 15.5 Å². The van der Waals surface area contributed by atoms with Crippen molar-refractivity contribution in [3.8, 4) is 0 Å². The predicted molar refractivity (Wildman–Crippen MR) is 99.6 cm³/mol. The van der Waals surface area contributed by atoms with Gasteiger partial charge < -0.3 is 15.5 Å². The molecule has 2 heterocycles. The SMILES string of the molecule is CN=C(NCc1cc(F)cc(F)c1)NC1CCN(c2ncccc2Cl)C1. The summed E-state index contributed by atoms with van der Waals surface area (Å²) in [6, 6.07) is 7.24. The molecule has 138 valence electrons. The molecule has 1 aliphatic heterocycles. The first-order valence-electron chi connectivity index (χ1n) is 8.33. The van der Waals surface area contributed by atoms with Crippen molar-refractivity contribution in [1.82, 2.24) is 15.6 Å². The summed E-state index contributed by atoms with van der Waals surface area (Å²) in [5.41, 5.74) is 0.513. The first-order valence-corrected chi connectivity index (χ1v) is 8.70. The van der Waals surface area contributed by atoms with Gasteiger partial charge in [-0.3, -0.25) is 4.99 Å². The minimum Gasteiger partial charge on any atom is -0.353 e. The van der Waals surface area contributed by atoms with E-state index < -0.39 is 11.6 Å². The fraction of sp³-hybridized carbons (Fsp3) is 0.333. The molecule has 0 spiro atoms. The molecule has 1 atom stereocenters. The smallest absolute Gasteiger partial charge is 0.191 e. The maximum absolute atomic E-state index is 13.3. The van der Waals surface area contributed by atoms with Crippen molar-refractivity contribution in [3.05, 3.63) is 58.7 Å². The van der Waals surface area contributed by atoms with E-state index in [1.807, 2.05) is 6.07 Å². The number of halogens is 3. The van der Waals surface area contributed by atoms with Crippen molar-refractivity contribution < 1.29 is 8.78 Å². The number of anilines is 1. The van der Waals surface area contributed by atoms with Gasteiger partial charge in [0.25, 0.3) is 0 Å². The van der Waals surface area contributed by atoms with Gasteiger partial charge in [0.1, 0.15) is 17.5 Å². The molecule has 26 heavy (non-hydrogen) atoms. The van der Waals surface area contributed by atoms with Gasteiger partial charge in [-0.2, -0.15) is 0 Å². The molecule has 0 saturated carbocycles. The molecule has 2 N–H and O–H groups in total. The van der Waals surface area contributed by atoms with Crippen molar-refractivity contribution in [2.45, 2.75) is 19.0 Å². The van der Waals surface area contributed by atoms with Crippen molar-refractivity contribution in [2.75, 3.05) is 25.0 Å². The number of pyridine rings is 1. The Balaban J connectivity index is 1.55. The third-order valence-corrected chi connectivity index (χ3v) is 4.47. The molecule has 8 heteroatoms. The normalized spacial score (nSPS) is 17.5. The van der Waals surface area contributed by atoms with E-state index in [9.17, 15) is 8.78 Å². The molecule has 2 aromatic rings. The third-order valence-electron chi connectivity index (χ3n) is 4.17. The van der Waals surface area contributed by atoms with E-state index >= 15 is 0 Å². The molecule has 1 aromatic heterocycles. The van der Waals surface area contributed by atoms with Crippen LogP contribution >= 0.6 is 11.6 Å². The topological polar surface area (TPSA) is 52.6 Å². The average Bonchev–Trinajstić information content (AvgIpc) is 3.06. The summed E-state index contributed by atoms with van der Waals surface area (Å²) in [5, 5.41) is 7.03. The van der Waals surface area contributed by atoms with Gasteiger partial charge in [0.15, 0.2) is 5.96 Å². The van der Waals surface area contributed by atoms with Gasteiger partial charge in [0.2, 0.25) is 0 Å². The van der Waals surface area contributed by atoms with Crippen LogP contribution in [0.2, 0.25) is 5.02 Å². The van der Waals surface area contributed by atoms with Crippen LogP contribution in [0.3, 0.4) is 0 Å². The quantitative estimate of drug-likeness (QED) is 0.633. The van der Waals surface area contributed by atoms with E-state index in [1.165, 1.54) is 12.1 Å². The molecule has 1 saturated heterocycles. The lowest BCUT2D eigenvalue weighted by Crippen LogP contribution is -2.44. The minimum absolute atomic E-state index is 0.170. The van der Waals surface area contributed by atoms with Gasteiger partial charge in [0.05, 0.1) is 5.02 Å². The molecule has 5 nitrogen and oxygen atoms in total. The number of guanidine groups is 1. The van der Waals surface area contributed by atoms with Crippen molar-refractivity contribution in [2.24, 2.45) is 4.99 Å². The van der Waals surface area contributed by atoms with Gasteiger partial charge in [-0.25, -0.2) is 13.8 Å². The molecular weight excluding hydrogens is 360 g/mol. The third kappa shape index (κ3) is 4.60. The van der Waals surface area contributed by atoms with Crippen LogP contribution in [-0.4, -0.2) is 37.1 Å². The predicted octanol–water partition coefficient (Wildman–Crippen LogP) is 2.96. The first-order chi connectivity index (χ1) is 12.5. The lowest BCUT2D eigenvalue weighted by molar-refractivity contribution is 0.578. The van der Waals surface area contributed by atoms with E-state index in [2.05, 4.69) is 25.5 Å². The summed E-state index contributed by atoms with van der Waals surface area (Å²) in [6.07, 6.45) is 2.63. The van der Waals surface area contributed by atoms with Crippen molar-refractivity contribution in [1.29, 1.82) is 0 Å². The molecule has 0 bridgehead atoms. The molecule has 0 aliphatic carbocycles. The summed E-state index contributed by atoms with van der Waals surface area (Å²) in [5.74, 6) is 0.164. The van der Waals surface area contributed by atoms with Crippen molar-refractivity contribution >= 4 is 23.4 Å². The number of nitrogens with zero attached hydrogens (tertiary/aromatic N) is 3. The van der Waals surface area contributed by atoms with Gasteiger partial charge in [-0.15, -0.1) is 0 Å². The zero-order chi connectivity index (χ0) is 18.5. The molecule has 1 aliphatic rings.